The Morgan fingerprint density at radius 1 is 1.47 bits per heavy atom. The average Bonchev–Trinajstić information content (AvgIpc) is 3.02. The van der Waals surface area contributed by atoms with E-state index in [9.17, 15) is 4.79 Å². The maximum atomic E-state index is 12.2. The molecule has 1 amide bonds. The van der Waals surface area contributed by atoms with Crippen molar-refractivity contribution in [2.24, 2.45) is 0 Å². The first kappa shape index (κ1) is 12.6. The molecule has 100 valence electrons. The van der Waals surface area contributed by atoms with Crippen LogP contribution in [0, 0.1) is 0 Å². The summed E-state index contributed by atoms with van der Waals surface area (Å²) < 4.78 is 0.210. The highest BCUT2D eigenvalue weighted by molar-refractivity contribution is 8.00. The number of aromatic amines is 1. The third kappa shape index (κ3) is 2.63. The first-order valence-corrected chi connectivity index (χ1v) is 7.65. The largest absolute Gasteiger partial charge is 0.351 e. The van der Waals surface area contributed by atoms with E-state index in [1.807, 2.05) is 42.1 Å². The first-order chi connectivity index (χ1) is 9.16. The molecule has 2 heterocycles. The van der Waals surface area contributed by atoms with E-state index in [1.165, 1.54) is 18.6 Å². The van der Waals surface area contributed by atoms with Crippen molar-refractivity contribution in [1.29, 1.82) is 0 Å². The Morgan fingerprint density at radius 2 is 2.32 bits per heavy atom. The van der Waals surface area contributed by atoms with E-state index in [1.54, 1.807) is 0 Å². The molecule has 19 heavy (non-hydrogen) atoms. The number of thioether (sulfide) groups is 1. The minimum atomic E-state index is -0.00933. The number of benzene rings is 1. The summed E-state index contributed by atoms with van der Waals surface area (Å²) in [6.07, 6.45) is 2.44. The van der Waals surface area contributed by atoms with Crippen LogP contribution in [0.3, 0.4) is 0 Å². The van der Waals surface area contributed by atoms with Gasteiger partial charge in [0.2, 0.25) is 0 Å². The topological polar surface area (TPSA) is 44.9 Å². The highest BCUT2D eigenvalue weighted by atomic mass is 32.2. The lowest BCUT2D eigenvalue weighted by molar-refractivity contribution is 0.0946. The van der Waals surface area contributed by atoms with E-state index in [2.05, 4.69) is 17.2 Å². The Morgan fingerprint density at radius 3 is 3.05 bits per heavy atom. The number of fused-ring (bicyclic) bond motifs is 1. The average molecular weight is 274 g/mol. The summed E-state index contributed by atoms with van der Waals surface area (Å²) in [5.74, 6) is 1.20. The SMILES string of the molecule is CC1(CNC(=O)c2cc3ccccc3[nH]2)CCCS1. The number of nitrogens with one attached hydrogen (secondary N) is 2. The van der Waals surface area contributed by atoms with Crippen molar-refractivity contribution in [3.63, 3.8) is 0 Å². The summed E-state index contributed by atoms with van der Waals surface area (Å²) >= 11 is 1.96. The van der Waals surface area contributed by atoms with Crippen LogP contribution in [0.15, 0.2) is 30.3 Å². The number of carbonyl (C=O) groups is 1. The Labute approximate surface area is 117 Å². The molecule has 3 nitrogen and oxygen atoms in total. The predicted octanol–water partition coefficient (Wildman–Crippen LogP) is 3.18. The third-order valence-corrected chi connectivity index (χ3v) is 5.24. The van der Waals surface area contributed by atoms with Crippen molar-refractivity contribution in [2.45, 2.75) is 24.5 Å². The molecule has 3 rings (SSSR count). The van der Waals surface area contributed by atoms with Crippen molar-refractivity contribution >= 4 is 28.6 Å². The molecule has 0 saturated carbocycles. The summed E-state index contributed by atoms with van der Waals surface area (Å²) in [7, 11) is 0. The molecule has 1 aromatic heterocycles. The minimum Gasteiger partial charge on any atom is -0.351 e. The Balaban J connectivity index is 1.69. The smallest absolute Gasteiger partial charge is 0.267 e. The van der Waals surface area contributed by atoms with Crippen LogP contribution in [0.4, 0.5) is 0 Å². The molecule has 1 atom stereocenters. The van der Waals surface area contributed by atoms with Crippen molar-refractivity contribution in [1.82, 2.24) is 10.3 Å². The van der Waals surface area contributed by atoms with Gasteiger partial charge in [0.05, 0.1) is 0 Å². The van der Waals surface area contributed by atoms with Gasteiger partial charge in [-0.05, 0) is 37.7 Å². The Bertz CT molecular complexity index is 566. The molecular weight excluding hydrogens is 256 g/mol. The van der Waals surface area contributed by atoms with Gasteiger partial charge < -0.3 is 10.3 Å². The van der Waals surface area contributed by atoms with Gasteiger partial charge in [-0.25, -0.2) is 0 Å². The fourth-order valence-electron chi connectivity index (χ4n) is 2.53. The van der Waals surface area contributed by atoms with Gasteiger partial charge in [0.25, 0.3) is 5.91 Å². The van der Waals surface area contributed by atoms with Gasteiger partial charge in [-0.2, -0.15) is 11.8 Å². The molecule has 0 spiro atoms. The van der Waals surface area contributed by atoms with E-state index < -0.39 is 0 Å². The van der Waals surface area contributed by atoms with Gasteiger partial charge >= 0.3 is 0 Å². The van der Waals surface area contributed by atoms with Gasteiger partial charge in [-0.1, -0.05) is 18.2 Å². The molecule has 2 aromatic rings. The summed E-state index contributed by atoms with van der Waals surface area (Å²) in [6.45, 7) is 2.97. The first-order valence-electron chi connectivity index (χ1n) is 6.66. The molecule has 2 N–H and O–H groups in total. The van der Waals surface area contributed by atoms with E-state index in [0.717, 1.165) is 17.4 Å². The summed E-state index contributed by atoms with van der Waals surface area (Å²) in [5.41, 5.74) is 1.65. The Hall–Kier alpha value is -1.42. The second-order valence-corrected chi connectivity index (χ2v) is 7.04. The van der Waals surface area contributed by atoms with E-state index >= 15 is 0 Å². The van der Waals surface area contributed by atoms with Crippen LogP contribution < -0.4 is 5.32 Å². The highest BCUT2D eigenvalue weighted by Gasteiger charge is 2.29. The van der Waals surface area contributed by atoms with Crippen molar-refractivity contribution < 1.29 is 4.79 Å². The lowest BCUT2D eigenvalue weighted by Crippen LogP contribution is -2.36. The van der Waals surface area contributed by atoms with Crippen LogP contribution in [0.5, 0.6) is 0 Å². The molecule has 1 fully saturated rings. The molecule has 1 saturated heterocycles. The lowest BCUT2D eigenvalue weighted by Gasteiger charge is -2.22. The number of hydrogen-bond acceptors (Lipinski definition) is 2. The van der Waals surface area contributed by atoms with Gasteiger partial charge in [-0.15, -0.1) is 0 Å². The molecule has 0 radical (unpaired) electrons. The maximum Gasteiger partial charge on any atom is 0.267 e. The van der Waals surface area contributed by atoms with Crippen LogP contribution in [-0.4, -0.2) is 27.9 Å². The second-order valence-electron chi connectivity index (χ2n) is 5.35. The number of hydrogen-bond donors (Lipinski definition) is 2. The van der Waals surface area contributed by atoms with Gasteiger partial charge in [0.1, 0.15) is 5.69 Å². The zero-order valence-corrected chi connectivity index (χ0v) is 11.8. The summed E-state index contributed by atoms with van der Waals surface area (Å²) in [5, 5.41) is 4.13. The van der Waals surface area contributed by atoms with Gasteiger partial charge in [0.15, 0.2) is 0 Å². The normalized spacial score (nSPS) is 22.8. The standard InChI is InChI=1S/C15H18N2OS/c1-15(7-4-8-19-15)10-16-14(18)13-9-11-5-2-3-6-12(11)17-13/h2-3,5-6,9,17H,4,7-8,10H2,1H3,(H,16,18). The Kier molecular flexibility index (Phi) is 3.27. The fourth-order valence-corrected chi connectivity index (χ4v) is 3.78. The number of aromatic nitrogens is 1. The fraction of sp³-hybridized carbons (Fsp3) is 0.400. The van der Waals surface area contributed by atoms with Gasteiger partial charge in [-0.3, -0.25) is 4.79 Å². The highest BCUT2D eigenvalue weighted by Crippen LogP contribution is 2.36. The monoisotopic (exact) mass is 274 g/mol. The zero-order chi connectivity index (χ0) is 13.3. The van der Waals surface area contributed by atoms with E-state index in [-0.39, 0.29) is 10.7 Å². The number of para-hydroxylation sites is 1. The molecule has 1 unspecified atom stereocenters. The predicted molar refractivity (Wildman–Crippen MR) is 80.7 cm³/mol. The van der Waals surface area contributed by atoms with Crippen molar-refractivity contribution in [3.05, 3.63) is 36.0 Å². The molecular formula is C15H18N2OS. The quantitative estimate of drug-likeness (QED) is 0.903. The molecule has 1 aliphatic heterocycles. The van der Waals surface area contributed by atoms with Crippen LogP contribution in [-0.2, 0) is 0 Å². The second kappa shape index (κ2) is 4.93. The third-order valence-electron chi connectivity index (χ3n) is 3.70. The van der Waals surface area contributed by atoms with Crippen LogP contribution in [0.25, 0.3) is 10.9 Å². The molecule has 4 heteroatoms. The minimum absolute atomic E-state index is 0.00933. The number of H-pyrrole nitrogens is 1. The van der Waals surface area contributed by atoms with E-state index in [4.69, 9.17) is 0 Å². The maximum absolute atomic E-state index is 12.2. The zero-order valence-electron chi connectivity index (χ0n) is 11.0. The number of amides is 1. The molecule has 1 aromatic carbocycles. The van der Waals surface area contributed by atoms with Crippen molar-refractivity contribution in [2.75, 3.05) is 12.3 Å². The number of rotatable bonds is 3. The molecule has 1 aliphatic rings. The summed E-state index contributed by atoms with van der Waals surface area (Å²) in [6, 6.07) is 9.86. The van der Waals surface area contributed by atoms with E-state index in [0.29, 0.717) is 5.69 Å². The van der Waals surface area contributed by atoms with Crippen molar-refractivity contribution in [3.8, 4) is 0 Å². The van der Waals surface area contributed by atoms with Gasteiger partial charge in [0, 0.05) is 22.2 Å². The summed E-state index contributed by atoms with van der Waals surface area (Å²) in [4.78, 5) is 15.3. The van der Waals surface area contributed by atoms with Crippen LogP contribution >= 0.6 is 11.8 Å². The van der Waals surface area contributed by atoms with Crippen LogP contribution in [0.1, 0.15) is 30.3 Å². The lowest BCUT2D eigenvalue weighted by atomic mass is 10.1. The molecule has 0 bridgehead atoms. The number of carbonyl (C=O) groups excluding carboxylic acids is 1. The van der Waals surface area contributed by atoms with Crippen LogP contribution in [0.2, 0.25) is 0 Å². The molecule has 0 aliphatic carbocycles.